The number of carbonyl (C=O) groups is 1. The highest BCUT2D eigenvalue weighted by molar-refractivity contribution is 7.89. The lowest BCUT2D eigenvalue weighted by Crippen LogP contribution is -2.41. The van der Waals surface area contributed by atoms with Gasteiger partial charge >= 0.3 is 0 Å². The number of hydrogen-bond donors (Lipinski definition) is 2. The number of amides is 1. The maximum atomic E-state index is 12.6. The molecule has 134 valence electrons. The average molecular weight is 380 g/mol. The fourth-order valence-corrected chi connectivity index (χ4v) is 4.52. The quantitative estimate of drug-likeness (QED) is 0.807. The molecular weight excluding hydrogens is 358 g/mol. The number of benzene rings is 1. The van der Waals surface area contributed by atoms with Crippen molar-refractivity contribution in [2.75, 3.05) is 0 Å². The summed E-state index contributed by atoms with van der Waals surface area (Å²) in [6.45, 7) is 5.71. The van der Waals surface area contributed by atoms with Crippen LogP contribution in [0.4, 0.5) is 0 Å². The molecule has 0 spiro atoms. The van der Waals surface area contributed by atoms with Crippen molar-refractivity contribution >= 4 is 27.3 Å². The van der Waals surface area contributed by atoms with Crippen molar-refractivity contribution in [1.29, 1.82) is 0 Å². The van der Waals surface area contributed by atoms with Crippen LogP contribution in [0.5, 0.6) is 0 Å². The van der Waals surface area contributed by atoms with Crippen LogP contribution in [0.2, 0.25) is 0 Å². The van der Waals surface area contributed by atoms with E-state index in [2.05, 4.69) is 15.0 Å². The molecule has 25 heavy (non-hydrogen) atoms. The molecule has 0 saturated heterocycles. The molecule has 1 aliphatic carbocycles. The van der Waals surface area contributed by atoms with E-state index in [9.17, 15) is 13.2 Å². The largest absolute Gasteiger partial charge is 0.341 e. The van der Waals surface area contributed by atoms with Gasteiger partial charge in [0.05, 0.1) is 10.4 Å². The molecule has 2 N–H and O–H groups in total. The molecular formula is C17H21N3O3S2. The Morgan fingerprint density at radius 1 is 1.32 bits per heavy atom. The lowest BCUT2D eigenvalue weighted by Gasteiger charge is -2.24. The predicted octanol–water partition coefficient (Wildman–Crippen LogP) is 2.56. The summed E-state index contributed by atoms with van der Waals surface area (Å²) in [5.41, 5.74) is -0.336. The first kappa shape index (κ1) is 18.0. The summed E-state index contributed by atoms with van der Waals surface area (Å²) in [6.07, 6.45) is 3.49. The van der Waals surface area contributed by atoms with Gasteiger partial charge in [0.2, 0.25) is 10.0 Å². The molecule has 0 atom stereocenters. The number of rotatable bonds is 6. The minimum Gasteiger partial charge on any atom is -0.341 e. The number of nitrogens with zero attached hydrogens (tertiary/aromatic N) is 1. The van der Waals surface area contributed by atoms with Crippen molar-refractivity contribution in [3.63, 3.8) is 0 Å². The predicted molar refractivity (Wildman–Crippen MR) is 97.1 cm³/mol. The van der Waals surface area contributed by atoms with Gasteiger partial charge in [-0.1, -0.05) is 6.07 Å². The Hall–Kier alpha value is -1.77. The van der Waals surface area contributed by atoms with Crippen LogP contribution in [0, 0.1) is 6.92 Å². The standard InChI is InChI=1S/C17H21N3O3S2/c1-11-10-18-16(24-11)17(2,3)19-15(21)12-5-4-6-14(9-12)25(22,23)20-13-7-8-13/h4-6,9-10,13,20H,7-8H2,1-3H3,(H,19,21). The minimum absolute atomic E-state index is 0.0227. The summed E-state index contributed by atoms with van der Waals surface area (Å²) in [6, 6.07) is 6.11. The summed E-state index contributed by atoms with van der Waals surface area (Å²) in [5.74, 6) is -0.332. The van der Waals surface area contributed by atoms with Gasteiger partial charge in [-0.2, -0.15) is 0 Å². The summed E-state index contributed by atoms with van der Waals surface area (Å²) in [5, 5.41) is 3.73. The van der Waals surface area contributed by atoms with E-state index < -0.39 is 15.6 Å². The maximum absolute atomic E-state index is 12.6. The summed E-state index contributed by atoms with van der Waals surface area (Å²) >= 11 is 1.52. The van der Waals surface area contributed by atoms with E-state index >= 15 is 0 Å². The number of hydrogen-bond acceptors (Lipinski definition) is 5. The average Bonchev–Trinajstić information content (AvgIpc) is 3.22. The highest BCUT2D eigenvalue weighted by Crippen LogP contribution is 2.26. The number of aryl methyl sites for hydroxylation is 1. The van der Waals surface area contributed by atoms with E-state index in [1.165, 1.54) is 23.5 Å². The van der Waals surface area contributed by atoms with E-state index in [4.69, 9.17) is 0 Å². The topological polar surface area (TPSA) is 88.2 Å². The molecule has 1 fully saturated rings. The molecule has 1 aliphatic rings. The third-order valence-electron chi connectivity index (χ3n) is 3.89. The highest BCUT2D eigenvalue weighted by atomic mass is 32.2. The number of thiazole rings is 1. The van der Waals surface area contributed by atoms with Gasteiger partial charge in [-0.15, -0.1) is 11.3 Å². The van der Waals surface area contributed by atoms with Crippen LogP contribution < -0.4 is 10.0 Å². The van der Waals surface area contributed by atoms with Gasteiger partial charge in [0, 0.05) is 22.7 Å². The Morgan fingerprint density at radius 2 is 2.04 bits per heavy atom. The molecule has 1 aromatic heterocycles. The molecule has 1 heterocycles. The smallest absolute Gasteiger partial charge is 0.252 e. The van der Waals surface area contributed by atoms with Gasteiger partial charge in [-0.25, -0.2) is 18.1 Å². The van der Waals surface area contributed by atoms with Gasteiger partial charge in [0.15, 0.2) is 0 Å². The van der Waals surface area contributed by atoms with Crippen LogP contribution in [-0.2, 0) is 15.6 Å². The Morgan fingerprint density at radius 3 is 2.64 bits per heavy atom. The molecule has 2 aromatic rings. The van der Waals surface area contributed by atoms with Gasteiger partial charge in [0.25, 0.3) is 5.91 Å². The number of aromatic nitrogens is 1. The van der Waals surface area contributed by atoms with Crippen molar-refractivity contribution in [3.05, 3.63) is 45.9 Å². The Labute approximate surface area is 151 Å². The molecule has 1 saturated carbocycles. The fourth-order valence-electron chi connectivity index (χ4n) is 2.35. The van der Waals surface area contributed by atoms with Gasteiger partial charge in [0.1, 0.15) is 5.01 Å². The Kier molecular flexibility index (Phi) is 4.70. The molecule has 1 aromatic carbocycles. The Balaban J connectivity index is 1.79. The lowest BCUT2D eigenvalue weighted by molar-refractivity contribution is 0.0911. The van der Waals surface area contributed by atoms with E-state index in [1.807, 2.05) is 20.8 Å². The normalized spacial score (nSPS) is 15.2. The minimum atomic E-state index is -3.59. The first-order chi connectivity index (χ1) is 11.7. The van der Waals surface area contributed by atoms with Crippen LogP contribution in [0.25, 0.3) is 0 Å². The zero-order valence-corrected chi connectivity index (χ0v) is 16.0. The van der Waals surface area contributed by atoms with Crippen molar-refractivity contribution in [3.8, 4) is 0 Å². The van der Waals surface area contributed by atoms with E-state index in [1.54, 1.807) is 18.3 Å². The van der Waals surface area contributed by atoms with Gasteiger partial charge < -0.3 is 5.32 Å². The molecule has 0 unspecified atom stereocenters. The second-order valence-corrected chi connectivity index (χ2v) is 9.73. The SMILES string of the molecule is Cc1cnc(C(C)(C)NC(=O)c2cccc(S(=O)(=O)NC3CC3)c2)s1. The monoisotopic (exact) mass is 379 g/mol. The number of carbonyl (C=O) groups excluding carboxylic acids is 1. The maximum Gasteiger partial charge on any atom is 0.252 e. The molecule has 6 nitrogen and oxygen atoms in total. The zero-order chi connectivity index (χ0) is 18.2. The van der Waals surface area contributed by atoms with Crippen LogP contribution in [0.3, 0.4) is 0 Å². The Bertz CT molecular complexity index is 899. The van der Waals surface area contributed by atoms with Gasteiger partial charge in [-0.05, 0) is 51.8 Å². The third-order valence-corrected chi connectivity index (χ3v) is 6.64. The van der Waals surface area contributed by atoms with Crippen molar-refractivity contribution in [1.82, 2.24) is 15.0 Å². The first-order valence-electron chi connectivity index (χ1n) is 8.05. The molecule has 0 bridgehead atoms. The first-order valence-corrected chi connectivity index (χ1v) is 10.4. The molecule has 0 radical (unpaired) electrons. The molecule has 1 amide bonds. The van der Waals surface area contributed by atoms with E-state index in [0.717, 1.165) is 22.7 Å². The van der Waals surface area contributed by atoms with Crippen LogP contribution >= 0.6 is 11.3 Å². The highest BCUT2D eigenvalue weighted by Gasteiger charge is 2.29. The summed E-state index contributed by atoms with van der Waals surface area (Å²) in [4.78, 5) is 18.1. The lowest BCUT2D eigenvalue weighted by atomic mass is 10.1. The van der Waals surface area contributed by atoms with Crippen LogP contribution in [-0.4, -0.2) is 25.4 Å². The van der Waals surface area contributed by atoms with Crippen LogP contribution in [0.1, 0.15) is 46.9 Å². The molecule has 8 heteroatoms. The van der Waals surface area contributed by atoms with Gasteiger partial charge in [-0.3, -0.25) is 4.79 Å². The van der Waals surface area contributed by atoms with Crippen molar-refractivity contribution in [2.45, 2.75) is 50.1 Å². The second kappa shape index (κ2) is 6.51. The molecule has 0 aliphatic heterocycles. The molecule has 3 rings (SSSR count). The fraction of sp³-hybridized carbons (Fsp3) is 0.412. The van der Waals surface area contributed by atoms with E-state index in [-0.39, 0.29) is 16.8 Å². The zero-order valence-electron chi connectivity index (χ0n) is 14.4. The van der Waals surface area contributed by atoms with Crippen molar-refractivity contribution in [2.24, 2.45) is 0 Å². The van der Waals surface area contributed by atoms with E-state index in [0.29, 0.717) is 5.56 Å². The third kappa shape index (κ3) is 4.26. The summed E-state index contributed by atoms with van der Waals surface area (Å²) in [7, 11) is -3.59. The summed E-state index contributed by atoms with van der Waals surface area (Å²) < 4.78 is 27.3. The number of sulfonamides is 1. The second-order valence-electron chi connectivity index (χ2n) is 6.78. The number of nitrogens with one attached hydrogen (secondary N) is 2. The van der Waals surface area contributed by atoms with Crippen molar-refractivity contribution < 1.29 is 13.2 Å². The van der Waals surface area contributed by atoms with Crippen LogP contribution in [0.15, 0.2) is 35.4 Å².